The van der Waals surface area contributed by atoms with Gasteiger partial charge < -0.3 is 14.8 Å². The first-order chi connectivity index (χ1) is 12.8. The van der Waals surface area contributed by atoms with Gasteiger partial charge in [0.2, 0.25) is 5.78 Å². The highest BCUT2D eigenvalue weighted by atomic mass is 16.5. The normalized spacial score (nSPS) is 10.7. The highest BCUT2D eigenvalue weighted by molar-refractivity contribution is 5.79. The maximum Gasteiger partial charge on any atom is 0.235 e. The van der Waals surface area contributed by atoms with Crippen LogP contribution in [0.2, 0.25) is 0 Å². The molecule has 0 saturated carbocycles. The van der Waals surface area contributed by atoms with E-state index in [0.717, 1.165) is 34.3 Å². The first-order valence-corrected chi connectivity index (χ1v) is 8.17. The first kappa shape index (κ1) is 16.0. The van der Waals surface area contributed by atoms with Gasteiger partial charge in [-0.05, 0) is 54.6 Å². The maximum absolute atomic E-state index is 5.25. The van der Waals surface area contributed by atoms with Gasteiger partial charge in [-0.1, -0.05) is 0 Å². The molecule has 1 N–H and O–H groups in total. The Morgan fingerprint density at radius 3 is 2.19 bits per heavy atom. The van der Waals surface area contributed by atoms with Gasteiger partial charge in [0.1, 0.15) is 23.0 Å². The summed E-state index contributed by atoms with van der Waals surface area (Å²) < 4.78 is 12.4. The third kappa shape index (κ3) is 2.93. The standard InChI is InChI=1S/C20H18N4O2/c1-25-16-8-4-14(5-9-16)18-19(24-13-3-12-21-20(24)23-18)22-15-6-10-17(26-2)11-7-15/h3-13,22H,1-2H3. The monoisotopic (exact) mass is 346 g/mol. The number of imidazole rings is 1. The fourth-order valence-corrected chi connectivity index (χ4v) is 2.77. The molecule has 0 radical (unpaired) electrons. The molecule has 0 fully saturated rings. The fourth-order valence-electron chi connectivity index (χ4n) is 2.77. The Morgan fingerprint density at radius 2 is 1.54 bits per heavy atom. The molecule has 0 atom stereocenters. The Balaban J connectivity index is 1.80. The van der Waals surface area contributed by atoms with Crippen molar-refractivity contribution in [3.8, 4) is 22.8 Å². The second-order valence-corrected chi connectivity index (χ2v) is 5.68. The van der Waals surface area contributed by atoms with Crippen molar-refractivity contribution in [1.29, 1.82) is 0 Å². The van der Waals surface area contributed by atoms with E-state index in [9.17, 15) is 0 Å². The summed E-state index contributed by atoms with van der Waals surface area (Å²) in [5, 5.41) is 3.45. The van der Waals surface area contributed by atoms with Crippen molar-refractivity contribution in [3.05, 3.63) is 67.0 Å². The van der Waals surface area contributed by atoms with E-state index in [1.54, 1.807) is 20.4 Å². The summed E-state index contributed by atoms with van der Waals surface area (Å²) in [5.41, 5.74) is 2.74. The van der Waals surface area contributed by atoms with Gasteiger partial charge >= 0.3 is 0 Å². The van der Waals surface area contributed by atoms with E-state index in [-0.39, 0.29) is 0 Å². The van der Waals surface area contributed by atoms with Gasteiger partial charge in [-0.2, -0.15) is 0 Å². The average Bonchev–Trinajstić information content (AvgIpc) is 3.07. The van der Waals surface area contributed by atoms with Crippen LogP contribution in [0, 0.1) is 0 Å². The molecule has 0 unspecified atom stereocenters. The second kappa shape index (κ2) is 6.76. The van der Waals surface area contributed by atoms with Crippen molar-refractivity contribution in [2.75, 3.05) is 19.5 Å². The smallest absolute Gasteiger partial charge is 0.235 e. The van der Waals surface area contributed by atoms with Crippen LogP contribution in [0.25, 0.3) is 17.0 Å². The molecule has 2 aromatic heterocycles. The summed E-state index contributed by atoms with van der Waals surface area (Å²) in [6.07, 6.45) is 3.67. The van der Waals surface area contributed by atoms with Gasteiger partial charge in [-0.15, -0.1) is 0 Å². The predicted octanol–water partition coefficient (Wildman–Crippen LogP) is 4.16. The van der Waals surface area contributed by atoms with E-state index in [0.29, 0.717) is 5.78 Å². The lowest BCUT2D eigenvalue weighted by atomic mass is 10.1. The number of methoxy groups -OCH3 is 2. The molecule has 4 rings (SSSR count). The number of ether oxygens (including phenoxy) is 2. The molecule has 0 aliphatic heterocycles. The quantitative estimate of drug-likeness (QED) is 0.588. The lowest BCUT2D eigenvalue weighted by Gasteiger charge is -2.10. The van der Waals surface area contributed by atoms with Crippen molar-refractivity contribution >= 4 is 17.3 Å². The first-order valence-electron chi connectivity index (χ1n) is 8.17. The Kier molecular flexibility index (Phi) is 4.15. The zero-order valence-corrected chi connectivity index (χ0v) is 14.5. The molecule has 4 aromatic rings. The second-order valence-electron chi connectivity index (χ2n) is 5.68. The SMILES string of the molecule is COc1ccc(Nc2c(-c3ccc(OC)cc3)nc3ncccn23)cc1. The molecule has 6 nitrogen and oxygen atoms in total. The van der Waals surface area contributed by atoms with E-state index in [1.807, 2.05) is 65.2 Å². The molecule has 0 amide bonds. The lowest BCUT2D eigenvalue weighted by Crippen LogP contribution is -1.97. The van der Waals surface area contributed by atoms with Crippen LogP contribution in [0.4, 0.5) is 11.5 Å². The van der Waals surface area contributed by atoms with Crippen molar-refractivity contribution in [2.24, 2.45) is 0 Å². The number of fused-ring (bicyclic) bond motifs is 1. The summed E-state index contributed by atoms with van der Waals surface area (Å²) in [4.78, 5) is 9.05. The summed E-state index contributed by atoms with van der Waals surface area (Å²) in [5.74, 6) is 3.10. The van der Waals surface area contributed by atoms with Crippen LogP contribution in [0.15, 0.2) is 67.0 Å². The Bertz CT molecular complexity index is 1020. The van der Waals surface area contributed by atoms with E-state index in [1.165, 1.54) is 0 Å². The third-order valence-electron chi connectivity index (χ3n) is 4.12. The van der Waals surface area contributed by atoms with Crippen molar-refractivity contribution in [2.45, 2.75) is 0 Å². The van der Waals surface area contributed by atoms with Crippen LogP contribution in [-0.4, -0.2) is 28.6 Å². The third-order valence-corrected chi connectivity index (χ3v) is 4.12. The number of hydrogen-bond acceptors (Lipinski definition) is 5. The number of anilines is 2. The van der Waals surface area contributed by atoms with Crippen LogP contribution >= 0.6 is 0 Å². The zero-order chi connectivity index (χ0) is 17.9. The number of hydrogen-bond donors (Lipinski definition) is 1. The van der Waals surface area contributed by atoms with Gasteiger partial charge in [0.05, 0.1) is 14.2 Å². The van der Waals surface area contributed by atoms with E-state index >= 15 is 0 Å². The number of benzene rings is 2. The molecule has 0 bridgehead atoms. The molecular formula is C20H18N4O2. The van der Waals surface area contributed by atoms with Crippen LogP contribution in [-0.2, 0) is 0 Å². The van der Waals surface area contributed by atoms with Gasteiger partial charge in [0.25, 0.3) is 0 Å². The zero-order valence-electron chi connectivity index (χ0n) is 14.5. The minimum absolute atomic E-state index is 0.634. The molecule has 2 heterocycles. The van der Waals surface area contributed by atoms with Gasteiger partial charge in [-0.3, -0.25) is 4.40 Å². The minimum atomic E-state index is 0.634. The lowest BCUT2D eigenvalue weighted by molar-refractivity contribution is 0.415. The number of nitrogens with one attached hydrogen (secondary N) is 1. The molecule has 0 aliphatic rings. The van der Waals surface area contributed by atoms with Crippen LogP contribution in [0.5, 0.6) is 11.5 Å². The van der Waals surface area contributed by atoms with E-state index < -0.39 is 0 Å². The molecule has 0 spiro atoms. The molecule has 6 heteroatoms. The average molecular weight is 346 g/mol. The molecule has 0 aliphatic carbocycles. The van der Waals surface area contributed by atoms with Crippen LogP contribution in [0.1, 0.15) is 0 Å². The highest BCUT2D eigenvalue weighted by Crippen LogP contribution is 2.31. The summed E-state index contributed by atoms with van der Waals surface area (Å²) in [6.45, 7) is 0. The van der Waals surface area contributed by atoms with Crippen LogP contribution in [0.3, 0.4) is 0 Å². The highest BCUT2D eigenvalue weighted by Gasteiger charge is 2.15. The van der Waals surface area contributed by atoms with Crippen LogP contribution < -0.4 is 14.8 Å². The maximum atomic E-state index is 5.25. The molecule has 26 heavy (non-hydrogen) atoms. The van der Waals surface area contributed by atoms with Gasteiger partial charge in [0, 0.05) is 23.6 Å². The topological polar surface area (TPSA) is 60.7 Å². The predicted molar refractivity (Wildman–Crippen MR) is 101 cm³/mol. The van der Waals surface area contributed by atoms with Crippen molar-refractivity contribution < 1.29 is 9.47 Å². The van der Waals surface area contributed by atoms with E-state index in [4.69, 9.17) is 14.5 Å². The number of nitrogens with zero attached hydrogens (tertiary/aromatic N) is 3. The van der Waals surface area contributed by atoms with Gasteiger partial charge in [-0.25, -0.2) is 9.97 Å². The minimum Gasteiger partial charge on any atom is -0.497 e. The Morgan fingerprint density at radius 1 is 0.885 bits per heavy atom. The summed E-state index contributed by atoms with van der Waals surface area (Å²) in [6, 6.07) is 17.5. The summed E-state index contributed by atoms with van der Waals surface area (Å²) >= 11 is 0. The number of aromatic nitrogens is 3. The number of rotatable bonds is 5. The largest absolute Gasteiger partial charge is 0.497 e. The fraction of sp³-hybridized carbons (Fsp3) is 0.100. The molecule has 130 valence electrons. The molecule has 2 aromatic carbocycles. The molecular weight excluding hydrogens is 328 g/mol. The molecule has 0 saturated heterocycles. The summed E-state index contributed by atoms with van der Waals surface area (Å²) in [7, 11) is 3.31. The van der Waals surface area contributed by atoms with E-state index in [2.05, 4.69) is 10.3 Å². The Hall–Kier alpha value is -3.54. The Labute approximate surface area is 151 Å². The van der Waals surface area contributed by atoms with Gasteiger partial charge in [0.15, 0.2) is 0 Å². The van der Waals surface area contributed by atoms with Crippen molar-refractivity contribution in [3.63, 3.8) is 0 Å². The van der Waals surface area contributed by atoms with Crippen molar-refractivity contribution in [1.82, 2.24) is 14.4 Å².